The molecular formula is C10H10ClN5O4. The third-order valence-electron chi connectivity index (χ3n) is 2.35. The summed E-state index contributed by atoms with van der Waals surface area (Å²) in [5, 5.41) is 29.6. The lowest BCUT2D eigenvalue weighted by Gasteiger charge is -2.03. The SMILES string of the molecule is NC(CO)c1nnc(Nc2ccc(Cl)c([N+](=O)[O-])c2)o1. The largest absolute Gasteiger partial charge is 0.406 e. The average Bonchev–Trinajstić information content (AvgIpc) is 2.88. The van der Waals surface area contributed by atoms with Gasteiger partial charge in [0.25, 0.3) is 5.69 Å². The van der Waals surface area contributed by atoms with Crippen LogP contribution < -0.4 is 11.1 Å². The molecule has 10 heteroatoms. The van der Waals surface area contributed by atoms with E-state index in [1.807, 2.05) is 0 Å². The lowest BCUT2D eigenvalue weighted by Crippen LogP contribution is -2.14. The number of halogens is 1. The second-order valence-corrected chi connectivity index (χ2v) is 4.19. The Balaban J connectivity index is 2.20. The normalized spacial score (nSPS) is 12.2. The zero-order valence-corrected chi connectivity index (χ0v) is 10.7. The summed E-state index contributed by atoms with van der Waals surface area (Å²) in [5.41, 5.74) is 5.61. The molecule has 1 aromatic carbocycles. The van der Waals surface area contributed by atoms with Gasteiger partial charge in [0.05, 0.1) is 11.5 Å². The van der Waals surface area contributed by atoms with Gasteiger partial charge in [-0.15, -0.1) is 5.10 Å². The predicted octanol–water partition coefficient (Wildman–Crippen LogP) is 1.37. The Bertz CT molecular complexity index is 632. The highest BCUT2D eigenvalue weighted by molar-refractivity contribution is 6.32. The minimum atomic E-state index is -0.780. The first kappa shape index (κ1) is 14.2. The van der Waals surface area contributed by atoms with Gasteiger partial charge >= 0.3 is 6.01 Å². The number of hydrogen-bond donors (Lipinski definition) is 3. The number of nitrogens with two attached hydrogens (primary N) is 1. The maximum Gasteiger partial charge on any atom is 0.320 e. The van der Waals surface area contributed by atoms with E-state index in [9.17, 15) is 10.1 Å². The number of hydrogen-bond acceptors (Lipinski definition) is 8. The molecule has 0 saturated heterocycles. The molecule has 1 unspecified atom stereocenters. The molecular weight excluding hydrogens is 290 g/mol. The Labute approximate surface area is 117 Å². The molecule has 2 aromatic rings. The Morgan fingerprint density at radius 2 is 2.30 bits per heavy atom. The summed E-state index contributed by atoms with van der Waals surface area (Å²) < 4.78 is 5.15. The second-order valence-electron chi connectivity index (χ2n) is 3.78. The molecule has 106 valence electrons. The molecule has 1 atom stereocenters. The van der Waals surface area contributed by atoms with Crippen LogP contribution in [0.4, 0.5) is 17.4 Å². The standard InChI is InChI=1S/C10H10ClN5O4/c11-6-2-1-5(3-8(6)16(18)19)13-10-15-14-9(20-10)7(12)4-17/h1-3,7,17H,4,12H2,(H,13,15). The summed E-state index contributed by atoms with van der Waals surface area (Å²) in [6, 6.07) is 3.35. The molecule has 0 amide bonds. The zero-order chi connectivity index (χ0) is 14.7. The van der Waals surface area contributed by atoms with Crippen molar-refractivity contribution in [2.75, 3.05) is 11.9 Å². The van der Waals surface area contributed by atoms with Crippen LogP contribution in [0.15, 0.2) is 22.6 Å². The molecule has 0 bridgehead atoms. The van der Waals surface area contributed by atoms with Crippen molar-refractivity contribution < 1.29 is 14.4 Å². The van der Waals surface area contributed by atoms with E-state index in [1.54, 1.807) is 0 Å². The highest BCUT2D eigenvalue weighted by atomic mass is 35.5. The van der Waals surface area contributed by atoms with E-state index < -0.39 is 11.0 Å². The number of anilines is 2. The fourth-order valence-electron chi connectivity index (χ4n) is 1.37. The summed E-state index contributed by atoms with van der Waals surface area (Å²) in [7, 11) is 0. The molecule has 0 spiro atoms. The summed E-state index contributed by atoms with van der Waals surface area (Å²) in [5.74, 6) is 0.0541. The zero-order valence-electron chi connectivity index (χ0n) is 9.99. The highest BCUT2D eigenvalue weighted by Crippen LogP contribution is 2.28. The number of nitro groups is 1. The van der Waals surface area contributed by atoms with E-state index in [2.05, 4.69) is 15.5 Å². The highest BCUT2D eigenvalue weighted by Gasteiger charge is 2.16. The number of nitrogens with zero attached hydrogens (tertiary/aromatic N) is 3. The molecule has 4 N–H and O–H groups in total. The fourth-order valence-corrected chi connectivity index (χ4v) is 1.55. The van der Waals surface area contributed by atoms with Crippen molar-refractivity contribution in [3.05, 3.63) is 39.2 Å². The van der Waals surface area contributed by atoms with Crippen molar-refractivity contribution in [2.24, 2.45) is 5.73 Å². The number of rotatable bonds is 5. The van der Waals surface area contributed by atoms with Gasteiger partial charge in [-0.3, -0.25) is 10.1 Å². The van der Waals surface area contributed by atoms with Crippen molar-refractivity contribution in [3.63, 3.8) is 0 Å². The van der Waals surface area contributed by atoms with Gasteiger partial charge < -0.3 is 20.6 Å². The van der Waals surface area contributed by atoms with Crippen LogP contribution in [0, 0.1) is 10.1 Å². The second kappa shape index (κ2) is 5.82. The first-order chi connectivity index (χ1) is 9.51. The van der Waals surface area contributed by atoms with E-state index in [0.29, 0.717) is 5.69 Å². The quantitative estimate of drug-likeness (QED) is 0.555. The lowest BCUT2D eigenvalue weighted by molar-refractivity contribution is -0.384. The van der Waals surface area contributed by atoms with Gasteiger partial charge in [-0.05, 0) is 12.1 Å². The monoisotopic (exact) mass is 299 g/mol. The predicted molar refractivity (Wildman–Crippen MR) is 69.7 cm³/mol. The average molecular weight is 300 g/mol. The molecule has 1 heterocycles. The first-order valence-corrected chi connectivity index (χ1v) is 5.80. The van der Waals surface area contributed by atoms with E-state index in [-0.39, 0.29) is 29.2 Å². The van der Waals surface area contributed by atoms with Gasteiger partial charge in [0, 0.05) is 11.8 Å². The van der Waals surface area contributed by atoms with Crippen LogP contribution in [-0.2, 0) is 0 Å². The number of nitro benzene ring substituents is 1. The number of benzene rings is 1. The van der Waals surface area contributed by atoms with E-state index >= 15 is 0 Å². The van der Waals surface area contributed by atoms with Crippen LogP contribution >= 0.6 is 11.6 Å². The number of aliphatic hydroxyl groups excluding tert-OH is 1. The molecule has 0 aliphatic heterocycles. The van der Waals surface area contributed by atoms with Crippen molar-refractivity contribution in [1.29, 1.82) is 0 Å². The van der Waals surface area contributed by atoms with Crippen molar-refractivity contribution in [2.45, 2.75) is 6.04 Å². The van der Waals surface area contributed by atoms with Crippen molar-refractivity contribution in [3.8, 4) is 0 Å². The number of aliphatic hydroxyl groups is 1. The van der Waals surface area contributed by atoms with Crippen LogP contribution in [0.3, 0.4) is 0 Å². The van der Waals surface area contributed by atoms with E-state index in [0.717, 1.165) is 0 Å². The maximum absolute atomic E-state index is 10.8. The lowest BCUT2D eigenvalue weighted by atomic mass is 10.3. The molecule has 0 fully saturated rings. The van der Waals surface area contributed by atoms with Crippen LogP contribution in [0.2, 0.25) is 5.02 Å². The van der Waals surface area contributed by atoms with Crippen LogP contribution in [0.1, 0.15) is 11.9 Å². The molecule has 1 aromatic heterocycles. The maximum atomic E-state index is 10.8. The van der Waals surface area contributed by atoms with Crippen molar-refractivity contribution >= 4 is 29.0 Å². The Kier molecular flexibility index (Phi) is 4.13. The van der Waals surface area contributed by atoms with Gasteiger partial charge in [0.15, 0.2) is 0 Å². The third kappa shape index (κ3) is 3.02. The minimum absolute atomic E-state index is 0.000482. The molecule has 0 radical (unpaired) electrons. The Hall–Kier alpha value is -2.23. The molecule has 20 heavy (non-hydrogen) atoms. The number of aromatic nitrogens is 2. The van der Waals surface area contributed by atoms with E-state index in [1.165, 1.54) is 18.2 Å². The fraction of sp³-hybridized carbons (Fsp3) is 0.200. The molecule has 0 saturated carbocycles. The smallest absolute Gasteiger partial charge is 0.320 e. The molecule has 9 nitrogen and oxygen atoms in total. The van der Waals surface area contributed by atoms with Crippen LogP contribution in [0.25, 0.3) is 0 Å². The molecule has 0 aliphatic carbocycles. The summed E-state index contributed by atoms with van der Waals surface area (Å²) >= 11 is 5.69. The van der Waals surface area contributed by atoms with Gasteiger partial charge in [0.2, 0.25) is 5.89 Å². The minimum Gasteiger partial charge on any atom is -0.406 e. The molecule has 2 rings (SSSR count). The van der Waals surface area contributed by atoms with Gasteiger partial charge in [0.1, 0.15) is 11.1 Å². The first-order valence-electron chi connectivity index (χ1n) is 5.42. The van der Waals surface area contributed by atoms with E-state index in [4.69, 9.17) is 26.9 Å². The van der Waals surface area contributed by atoms with Gasteiger partial charge in [-0.25, -0.2) is 0 Å². The summed E-state index contributed by atoms with van der Waals surface area (Å²) in [6.45, 7) is -0.339. The van der Waals surface area contributed by atoms with Crippen molar-refractivity contribution in [1.82, 2.24) is 10.2 Å². The Morgan fingerprint density at radius 1 is 1.55 bits per heavy atom. The summed E-state index contributed by atoms with van der Waals surface area (Å²) in [6.07, 6.45) is 0. The summed E-state index contributed by atoms with van der Waals surface area (Å²) in [4.78, 5) is 10.2. The van der Waals surface area contributed by atoms with Gasteiger partial charge in [-0.1, -0.05) is 16.7 Å². The van der Waals surface area contributed by atoms with Crippen LogP contribution in [-0.4, -0.2) is 26.8 Å². The van der Waals surface area contributed by atoms with Gasteiger partial charge in [-0.2, -0.15) is 0 Å². The molecule has 0 aliphatic rings. The number of nitrogens with one attached hydrogen (secondary N) is 1. The Morgan fingerprint density at radius 3 is 2.95 bits per heavy atom. The third-order valence-corrected chi connectivity index (χ3v) is 2.67. The van der Waals surface area contributed by atoms with Crippen LogP contribution in [0.5, 0.6) is 0 Å². The topological polar surface area (TPSA) is 140 Å².